The Hall–Kier alpha value is -1.88. The van der Waals surface area contributed by atoms with Crippen LogP contribution in [0.15, 0.2) is 30.3 Å². The molecule has 1 aromatic carbocycles. The minimum atomic E-state index is -0.408. The van der Waals surface area contributed by atoms with Crippen LogP contribution < -0.4 is 0 Å². The number of carbonyl (C=O) groups excluding carboxylic acids is 2. The summed E-state index contributed by atoms with van der Waals surface area (Å²) >= 11 is 0. The Bertz CT molecular complexity index is 559. The number of rotatable bonds is 3. The number of carbonyl (C=O) groups is 2. The smallest absolute Gasteiger partial charge is 0.338 e. The second-order valence-corrected chi connectivity index (χ2v) is 6.06. The molecule has 1 unspecified atom stereocenters. The zero-order valence-electron chi connectivity index (χ0n) is 12.9. The molecule has 2 aliphatic heterocycles. The van der Waals surface area contributed by atoms with E-state index in [-0.39, 0.29) is 18.0 Å². The van der Waals surface area contributed by atoms with Gasteiger partial charge in [-0.2, -0.15) is 0 Å². The van der Waals surface area contributed by atoms with Crippen LogP contribution in [0, 0.1) is 5.92 Å². The second-order valence-electron chi connectivity index (χ2n) is 6.06. The van der Waals surface area contributed by atoms with E-state index >= 15 is 0 Å². The van der Waals surface area contributed by atoms with Gasteiger partial charge >= 0.3 is 11.9 Å². The van der Waals surface area contributed by atoms with E-state index in [4.69, 9.17) is 9.47 Å². The Balaban J connectivity index is 1.79. The van der Waals surface area contributed by atoms with Gasteiger partial charge in [0, 0.05) is 18.5 Å². The first-order chi connectivity index (χ1) is 10.6. The number of esters is 2. The summed E-state index contributed by atoms with van der Waals surface area (Å²) < 4.78 is 10.6. The monoisotopic (exact) mass is 303 g/mol. The van der Waals surface area contributed by atoms with Gasteiger partial charge in [0.2, 0.25) is 0 Å². The summed E-state index contributed by atoms with van der Waals surface area (Å²) in [7, 11) is 3.42. The summed E-state index contributed by atoms with van der Waals surface area (Å²) in [6, 6.07) is 9.36. The van der Waals surface area contributed by atoms with Crippen molar-refractivity contribution in [2.45, 2.75) is 37.5 Å². The molecule has 5 nitrogen and oxygen atoms in total. The van der Waals surface area contributed by atoms with E-state index in [1.165, 1.54) is 7.11 Å². The Morgan fingerprint density at radius 2 is 1.91 bits per heavy atom. The Kier molecular flexibility index (Phi) is 4.16. The Morgan fingerprint density at radius 3 is 2.59 bits per heavy atom. The first kappa shape index (κ1) is 15.0. The van der Waals surface area contributed by atoms with Gasteiger partial charge in [0.25, 0.3) is 0 Å². The van der Waals surface area contributed by atoms with Crippen molar-refractivity contribution in [1.29, 1.82) is 0 Å². The van der Waals surface area contributed by atoms with E-state index in [2.05, 4.69) is 4.90 Å². The van der Waals surface area contributed by atoms with Crippen LogP contribution in [0.25, 0.3) is 0 Å². The minimum Gasteiger partial charge on any atom is -0.469 e. The maximum atomic E-state index is 12.3. The fourth-order valence-electron chi connectivity index (χ4n) is 3.77. The molecule has 3 rings (SSSR count). The number of methoxy groups -OCH3 is 1. The van der Waals surface area contributed by atoms with E-state index in [0.29, 0.717) is 18.0 Å². The number of hydrogen-bond donors (Lipinski definition) is 0. The fraction of sp³-hybridized carbons (Fsp3) is 0.529. The van der Waals surface area contributed by atoms with Gasteiger partial charge in [-0.25, -0.2) is 4.79 Å². The van der Waals surface area contributed by atoms with Gasteiger partial charge < -0.3 is 9.47 Å². The molecule has 0 saturated carbocycles. The van der Waals surface area contributed by atoms with Crippen molar-refractivity contribution in [3.05, 3.63) is 35.9 Å². The van der Waals surface area contributed by atoms with Crippen molar-refractivity contribution in [2.24, 2.45) is 5.92 Å². The van der Waals surface area contributed by atoms with Gasteiger partial charge in [0.15, 0.2) is 0 Å². The number of nitrogens with zero attached hydrogens (tertiary/aromatic N) is 1. The molecule has 0 aliphatic carbocycles. The summed E-state index contributed by atoms with van der Waals surface area (Å²) in [4.78, 5) is 26.7. The predicted octanol–water partition coefficient (Wildman–Crippen LogP) is 1.87. The van der Waals surface area contributed by atoms with E-state index in [0.717, 1.165) is 12.8 Å². The van der Waals surface area contributed by atoms with Gasteiger partial charge in [0.05, 0.1) is 12.7 Å². The largest absolute Gasteiger partial charge is 0.469 e. The molecule has 0 radical (unpaired) electrons. The quantitative estimate of drug-likeness (QED) is 0.798. The van der Waals surface area contributed by atoms with Crippen molar-refractivity contribution in [3.8, 4) is 0 Å². The number of ether oxygens (including phenoxy) is 2. The summed E-state index contributed by atoms with van der Waals surface area (Å²) in [5, 5.41) is 0. The maximum Gasteiger partial charge on any atom is 0.338 e. The highest BCUT2D eigenvalue weighted by atomic mass is 16.6. The summed E-state index contributed by atoms with van der Waals surface area (Å²) in [5.41, 5.74) is 0.511. The minimum absolute atomic E-state index is 0.0970. The highest BCUT2D eigenvalue weighted by molar-refractivity contribution is 5.89. The molecular weight excluding hydrogens is 282 g/mol. The molecule has 2 bridgehead atoms. The lowest BCUT2D eigenvalue weighted by molar-refractivity contribution is -0.156. The van der Waals surface area contributed by atoms with Crippen LogP contribution in [0.3, 0.4) is 0 Å². The summed E-state index contributed by atoms with van der Waals surface area (Å²) in [5.74, 6) is -1.06. The van der Waals surface area contributed by atoms with Gasteiger partial charge in [-0.1, -0.05) is 18.2 Å². The van der Waals surface area contributed by atoms with Crippen LogP contribution in [0.1, 0.15) is 29.6 Å². The van der Waals surface area contributed by atoms with Gasteiger partial charge in [-0.05, 0) is 32.0 Å². The normalized spacial score (nSPS) is 30.8. The summed E-state index contributed by atoms with van der Waals surface area (Å²) in [6.07, 6.45) is 2.26. The van der Waals surface area contributed by atoms with Gasteiger partial charge in [0.1, 0.15) is 12.0 Å². The molecule has 1 aromatic rings. The lowest BCUT2D eigenvalue weighted by Crippen LogP contribution is -2.53. The molecule has 4 atom stereocenters. The Morgan fingerprint density at radius 1 is 1.18 bits per heavy atom. The van der Waals surface area contributed by atoms with Crippen molar-refractivity contribution >= 4 is 11.9 Å². The number of fused-ring (bicyclic) bond motifs is 2. The fourth-order valence-corrected chi connectivity index (χ4v) is 3.77. The third-order valence-corrected chi connectivity index (χ3v) is 4.96. The third-order valence-electron chi connectivity index (χ3n) is 4.96. The third kappa shape index (κ3) is 2.61. The second kappa shape index (κ2) is 6.08. The van der Waals surface area contributed by atoms with E-state index in [1.807, 2.05) is 13.1 Å². The zero-order chi connectivity index (χ0) is 15.7. The molecule has 2 aliphatic rings. The first-order valence-electron chi connectivity index (χ1n) is 7.67. The molecule has 0 spiro atoms. The molecule has 118 valence electrons. The average molecular weight is 303 g/mol. The number of benzene rings is 1. The lowest BCUT2D eigenvalue weighted by Gasteiger charge is -2.40. The molecule has 5 heteroatoms. The molecule has 0 amide bonds. The lowest BCUT2D eigenvalue weighted by atomic mass is 9.87. The molecule has 0 aromatic heterocycles. The number of piperidine rings is 1. The van der Waals surface area contributed by atoms with Crippen LogP contribution >= 0.6 is 0 Å². The molecular formula is C17H21NO4. The summed E-state index contributed by atoms with van der Waals surface area (Å²) in [6.45, 7) is 0. The first-order valence-corrected chi connectivity index (χ1v) is 7.67. The van der Waals surface area contributed by atoms with Crippen molar-refractivity contribution < 1.29 is 19.1 Å². The highest BCUT2D eigenvalue weighted by Gasteiger charge is 2.50. The molecule has 2 saturated heterocycles. The van der Waals surface area contributed by atoms with Crippen molar-refractivity contribution in [3.63, 3.8) is 0 Å². The standard InChI is InChI=1S/C17H21NO4/c1-18-12-8-9-13(18)15(17(20)21-2)14(10-12)22-16(19)11-6-4-3-5-7-11/h3-7,12-15H,8-10H2,1-2H3/t12-,13-,14?,15-/m1/s1. The van der Waals surface area contributed by atoms with Crippen LogP contribution in [-0.2, 0) is 14.3 Å². The molecule has 2 heterocycles. The van der Waals surface area contributed by atoms with Gasteiger partial charge in [-0.3, -0.25) is 9.69 Å². The van der Waals surface area contributed by atoms with E-state index in [9.17, 15) is 9.59 Å². The predicted molar refractivity (Wildman–Crippen MR) is 80.3 cm³/mol. The zero-order valence-corrected chi connectivity index (χ0v) is 12.9. The maximum absolute atomic E-state index is 12.3. The SMILES string of the molecule is COC(=O)[C@H]1C(OC(=O)c2ccccc2)C[C@H]2CC[C@H]1N2C. The van der Waals surface area contributed by atoms with Crippen LogP contribution in [0.5, 0.6) is 0 Å². The van der Waals surface area contributed by atoms with Gasteiger partial charge in [-0.15, -0.1) is 0 Å². The molecule has 2 fully saturated rings. The van der Waals surface area contributed by atoms with Crippen LogP contribution in [-0.4, -0.2) is 49.2 Å². The van der Waals surface area contributed by atoms with Crippen LogP contribution in [0.4, 0.5) is 0 Å². The van der Waals surface area contributed by atoms with Crippen LogP contribution in [0.2, 0.25) is 0 Å². The topological polar surface area (TPSA) is 55.8 Å². The highest BCUT2D eigenvalue weighted by Crippen LogP contribution is 2.40. The average Bonchev–Trinajstić information content (AvgIpc) is 2.78. The van der Waals surface area contributed by atoms with Crippen molar-refractivity contribution in [2.75, 3.05) is 14.2 Å². The van der Waals surface area contributed by atoms with E-state index in [1.54, 1.807) is 24.3 Å². The van der Waals surface area contributed by atoms with Crippen molar-refractivity contribution in [1.82, 2.24) is 4.90 Å². The number of hydrogen-bond acceptors (Lipinski definition) is 5. The molecule has 0 N–H and O–H groups in total. The molecule has 22 heavy (non-hydrogen) atoms. The Labute approximate surface area is 130 Å². The van der Waals surface area contributed by atoms with E-state index < -0.39 is 12.0 Å².